The molecule has 0 aromatic carbocycles. The fourth-order valence-corrected chi connectivity index (χ4v) is 4.04. The van der Waals surface area contributed by atoms with Gasteiger partial charge in [-0.1, -0.05) is 6.07 Å². The molecule has 1 saturated carbocycles. The Morgan fingerprint density at radius 3 is 2.76 bits per heavy atom. The van der Waals surface area contributed by atoms with Gasteiger partial charge in [0, 0.05) is 18.4 Å². The van der Waals surface area contributed by atoms with Crippen molar-refractivity contribution in [2.45, 2.75) is 44.2 Å². The minimum absolute atomic E-state index is 0.231. The Hall–Kier alpha value is -1.83. The van der Waals surface area contributed by atoms with E-state index in [0.717, 1.165) is 52.9 Å². The molecule has 1 aliphatic rings. The Morgan fingerprint density at radius 1 is 1.24 bits per heavy atom. The van der Waals surface area contributed by atoms with Crippen molar-refractivity contribution in [1.29, 1.82) is 0 Å². The summed E-state index contributed by atoms with van der Waals surface area (Å²) in [6, 6.07) is 6.15. The number of halogens is 1. The number of imidazole rings is 1. The normalized spacial score (nSPS) is 23.9. The van der Waals surface area contributed by atoms with Crippen LogP contribution < -0.4 is 11.5 Å². The number of fused-ring (bicyclic) bond motifs is 1. The first-order chi connectivity index (χ1) is 12.0. The maximum atomic E-state index is 6.65. The number of aromatic nitrogens is 4. The highest BCUT2D eigenvalue weighted by Gasteiger charge is 2.35. The number of aryl methyl sites for hydroxylation is 1. The molecule has 130 valence electrons. The molecule has 0 bridgehead atoms. The average Bonchev–Trinajstić information content (AvgIpc) is 2.94. The molecule has 0 unspecified atom stereocenters. The second kappa shape index (κ2) is 6.16. The summed E-state index contributed by atoms with van der Waals surface area (Å²) in [6.07, 6.45) is 7.28. The highest BCUT2D eigenvalue weighted by molar-refractivity contribution is 9.10. The van der Waals surface area contributed by atoms with Crippen LogP contribution in [-0.2, 0) is 5.54 Å². The summed E-state index contributed by atoms with van der Waals surface area (Å²) in [7, 11) is 0. The number of hydrogen-bond donors (Lipinski definition) is 2. The zero-order valence-electron chi connectivity index (χ0n) is 14.1. The van der Waals surface area contributed by atoms with Crippen molar-refractivity contribution in [3.8, 4) is 11.4 Å². The first-order valence-electron chi connectivity index (χ1n) is 8.49. The molecule has 0 amide bonds. The SMILES string of the molecule is Cc1cnc(C2(N)CCC(N)CC2)nc1-c1c(Br)nc2ccccn12. The van der Waals surface area contributed by atoms with Crippen LogP contribution in [0, 0.1) is 6.92 Å². The summed E-state index contributed by atoms with van der Waals surface area (Å²) in [5.41, 5.74) is 15.8. The smallest absolute Gasteiger partial charge is 0.148 e. The lowest BCUT2D eigenvalue weighted by Gasteiger charge is -2.34. The van der Waals surface area contributed by atoms with Crippen LogP contribution in [0.1, 0.15) is 37.1 Å². The van der Waals surface area contributed by atoms with Crippen molar-refractivity contribution in [2.24, 2.45) is 11.5 Å². The van der Waals surface area contributed by atoms with E-state index in [1.165, 1.54) is 0 Å². The van der Waals surface area contributed by atoms with Crippen molar-refractivity contribution in [1.82, 2.24) is 19.4 Å². The lowest BCUT2D eigenvalue weighted by molar-refractivity contribution is 0.264. The third-order valence-electron chi connectivity index (χ3n) is 5.05. The molecule has 0 radical (unpaired) electrons. The third kappa shape index (κ3) is 2.86. The maximum Gasteiger partial charge on any atom is 0.148 e. The number of nitrogens with two attached hydrogens (primary N) is 2. The standard InChI is InChI=1S/C18H21BrN6/c1-11-10-22-17(18(21)7-5-12(20)6-8-18)24-14(11)15-16(19)23-13-4-2-3-9-25(13)15/h2-4,9-10,12H,5-8,20-21H2,1H3. The molecule has 3 aromatic rings. The van der Waals surface area contributed by atoms with Gasteiger partial charge < -0.3 is 11.5 Å². The van der Waals surface area contributed by atoms with Gasteiger partial charge in [-0.15, -0.1) is 0 Å². The van der Waals surface area contributed by atoms with Crippen molar-refractivity contribution in [3.63, 3.8) is 0 Å². The van der Waals surface area contributed by atoms with E-state index in [4.69, 9.17) is 16.5 Å². The van der Waals surface area contributed by atoms with E-state index in [2.05, 4.69) is 25.9 Å². The Labute approximate surface area is 154 Å². The summed E-state index contributed by atoms with van der Waals surface area (Å²) in [5, 5.41) is 0. The molecule has 7 heteroatoms. The summed E-state index contributed by atoms with van der Waals surface area (Å²) < 4.78 is 2.80. The largest absolute Gasteiger partial charge is 0.328 e. The monoisotopic (exact) mass is 400 g/mol. The quantitative estimate of drug-likeness (QED) is 0.689. The highest BCUT2D eigenvalue weighted by atomic mass is 79.9. The molecule has 1 fully saturated rings. The summed E-state index contributed by atoms with van der Waals surface area (Å²) >= 11 is 3.58. The minimum atomic E-state index is -0.509. The van der Waals surface area contributed by atoms with Gasteiger partial charge in [0.25, 0.3) is 0 Å². The molecular formula is C18H21BrN6. The fraction of sp³-hybridized carbons (Fsp3) is 0.389. The predicted octanol–water partition coefficient (Wildman–Crippen LogP) is 2.92. The molecule has 4 rings (SSSR count). The summed E-state index contributed by atoms with van der Waals surface area (Å²) in [5.74, 6) is 0.692. The third-order valence-corrected chi connectivity index (χ3v) is 5.60. The van der Waals surface area contributed by atoms with E-state index < -0.39 is 5.54 Å². The van der Waals surface area contributed by atoms with Gasteiger partial charge in [-0.3, -0.25) is 4.40 Å². The molecule has 3 heterocycles. The van der Waals surface area contributed by atoms with Crippen molar-refractivity contribution in [3.05, 3.63) is 46.6 Å². The van der Waals surface area contributed by atoms with Gasteiger partial charge in [0.2, 0.25) is 0 Å². The van der Waals surface area contributed by atoms with Crippen LogP contribution in [0.3, 0.4) is 0 Å². The van der Waals surface area contributed by atoms with Gasteiger partial charge in [0.15, 0.2) is 0 Å². The topological polar surface area (TPSA) is 95.1 Å². The van der Waals surface area contributed by atoms with E-state index in [9.17, 15) is 0 Å². The van der Waals surface area contributed by atoms with E-state index in [0.29, 0.717) is 5.82 Å². The molecule has 0 atom stereocenters. The highest BCUT2D eigenvalue weighted by Crippen LogP contribution is 2.35. The second-order valence-electron chi connectivity index (χ2n) is 6.90. The number of nitrogens with zero attached hydrogens (tertiary/aromatic N) is 4. The van der Waals surface area contributed by atoms with E-state index >= 15 is 0 Å². The number of pyridine rings is 1. The van der Waals surface area contributed by atoms with E-state index in [1.54, 1.807) is 0 Å². The van der Waals surface area contributed by atoms with Gasteiger partial charge >= 0.3 is 0 Å². The average molecular weight is 401 g/mol. The van der Waals surface area contributed by atoms with Crippen LogP contribution in [0.2, 0.25) is 0 Å². The lowest BCUT2D eigenvalue weighted by Crippen LogP contribution is -2.45. The molecular weight excluding hydrogens is 380 g/mol. The second-order valence-corrected chi connectivity index (χ2v) is 7.65. The van der Waals surface area contributed by atoms with Crippen molar-refractivity contribution in [2.75, 3.05) is 0 Å². The Kier molecular flexibility index (Phi) is 4.10. The maximum absolute atomic E-state index is 6.65. The van der Waals surface area contributed by atoms with Crippen molar-refractivity contribution < 1.29 is 0 Å². The molecule has 6 nitrogen and oxygen atoms in total. The number of hydrogen-bond acceptors (Lipinski definition) is 5. The van der Waals surface area contributed by atoms with Gasteiger partial charge in [0.05, 0.1) is 11.2 Å². The van der Waals surface area contributed by atoms with Crippen molar-refractivity contribution >= 4 is 21.6 Å². The number of rotatable bonds is 2. The molecule has 0 aliphatic heterocycles. The van der Waals surface area contributed by atoms with E-state index in [-0.39, 0.29) is 6.04 Å². The minimum Gasteiger partial charge on any atom is -0.328 e. The Balaban J connectivity index is 1.84. The van der Waals surface area contributed by atoms with Crippen LogP contribution in [0.4, 0.5) is 0 Å². The zero-order chi connectivity index (χ0) is 17.6. The molecule has 25 heavy (non-hydrogen) atoms. The lowest BCUT2D eigenvalue weighted by atomic mass is 9.79. The van der Waals surface area contributed by atoms with Gasteiger partial charge in [-0.05, 0) is 66.2 Å². The first kappa shape index (κ1) is 16.6. The van der Waals surface area contributed by atoms with Gasteiger partial charge in [0.1, 0.15) is 21.8 Å². The fourth-order valence-electron chi connectivity index (χ4n) is 3.48. The molecule has 4 N–H and O–H groups in total. The Morgan fingerprint density at radius 2 is 2.00 bits per heavy atom. The van der Waals surface area contributed by atoms with E-state index in [1.807, 2.05) is 41.9 Å². The van der Waals surface area contributed by atoms with Crippen LogP contribution in [0.25, 0.3) is 17.0 Å². The molecule has 0 spiro atoms. The van der Waals surface area contributed by atoms with Crippen LogP contribution in [-0.4, -0.2) is 25.4 Å². The summed E-state index contributed by atoms with van der Waals surface area (Å²) in [6.45, 7) is 2.01. The predicted molar refractivity (Wildman–Crippen MR) is 101 cm³/mol. The van der Waals surface area contributed by atoms with Gasteiger partial charge in [-0.2, -0.15) is 0 Å². The van der Waals surface area contributed by atoms with Crippen LogP contribution in [0.15, 0.2) is 35.2 Å². The van der Waals surface area contributed by atoms with Crippen LogP contribution in [0.5, 0.6) is 0 Å². The molecule has 3 aromatic heterocycles. The molecule has 1 aliphatic carbocycles. The van der Waals surface area contributed by atoms with Crippen LogP contribution >= 0.6 is 15.9 Å². The molecule has 0 saturated heterocycles. The zero-order valence-corrected chi connectivity index (χ0v) is 15.7. The van der Waals surface area contributed by atoms with Gasteiger partial charge in [-0.25, -0.2) is 15.0 Å². The summed E-state index contributed by atoms with van der Waals surface area (Å²) in [4.78, 5) is 14.0. The Bertz CT molecular complexity index is 926. The first-order valence-corrected chi connectivity index (χ1v) is 9.29.